The van der Waals surface area contributed by atoms with Gasteiger partial charge < -0.3 is 0 Å². The van der Waals surface area contributed by atoms with Gasteiger partial charge >= 0.3 is 182 Å². The molecule has 2 N–H and O–H groups in total. The summed E-state index contributed by atoms with van der Waals surface area (Å²) in [6.45, 7) is 6.89. The molecule has 28 heavy (non-hydrogen) atoms. The van der Waals surface area contributed by atoms with Crippen molar-refractivity contribution in [1.29, 1.82) is 0 Å². The van der Waals surface area contributed by atoms with E-state index < -0.39 is 14.7 Å². The Morgan fingerprint density at radius 3 is 2.43 bits per heavy atom. The summed E-state index contributed by atoms with van der Waals surface area (Å²) in [6, 6.07) is 15.4. The van der Waals surface area contributed by atoms with E-state index in [0.717, 1.165) is 12.1 Å². The summed E-state index contributed by atoms with van der Waals surface area (Å²) in [6.07, 6.45) is 3.36. The van der Waals surface area contributed by atoms with E-state index in [1.165, 1.54) is 27.8 Å². The van der Waals surface area contributed by atoms with Crippen molar-refractivity contribution < 1.29 is 14.7 Å². The molecule has 1 aliphatic carbocycles. The third-order valence-corrected chi connectivity index (χ3v) is 8.21. The van der Waals surface area contributed by atoms with Crippen LogP contribution in [0.15, 0.2) is 48.0 Å². The van der Waals surface area contributed by atoms with E-state index in [1.807, 2.05) is 14.1 Å². The first kappa shape index (κ1) is 21.9. The number of hydrogen-bond donors (Lipinski definition) is 1. The van der Waals surface area contributed by atoms with E-state index in [9.17, 15) is 0 Å². The van der Waals surface area contributed by atoms with E-state index in [-0.39, 0.29) is 5.41 Å². The van der Waals surface area contributed by atoms with E-state index in [0.29, 0.717) is 10.6 Å². The second kappa shape index (κ2) is 8.16. The molecule has 0 saturated heterocycles. The minimum atomic E-state index is -3.29. The number of nitrogens with zero attached hydrogens (tertiary/aromatic N) is 1. The van der Waals surface area contributed by atoms with Crippen molar-refractivity contribution >= 4 is 30.4 Å². The van der Waals surface area contributed by atoms with Crippen molar-refractivity contribution in [3.05, 3.63) is 70.3 Å². The molecule has 0 fully saturated rings. The summed E-state index contributed by atoms with van der Waals surface area (Å²) in [7, 11) is 16.9. The predicted octanol–water partition coefficient (Wildman–Crippen LogP) is 6.46. The molecule has 0 radical (unpaired) electrons. The fourth-order valence-electron chi connectivity index (χ4n) is 4.36. The third kappa shape index (κ3) is 4.86. The van der Waals surface area contributed by atoms with Crippen LogP contribution in [0.25, 0.3) is 6.08 Å². The van der Waals surface area contributed by atoms with Gasteiger partial charge in [-0.2, -0.15) is 0 Å². The Balaban J connectivity index is 1.98. The van der Waals surface area contributed by atoms with Crippen LogP contribution in [0.5, 0.6) is 0 Å². The number of hydrogen-bond acceptors (Lipinski definition) is 2. The van der Waals surface area contributed by atoms with Gasteiger partial charge in [-0.3, -0.25) is 0 Å². The molecule has 0 aliphatic heterocycles. The van der Waals surface area contributed by atoms with Crippen LogP contribution in [0.3, 0.4) is 0 Å². The standard InChI is InChI=1S/C23H28N.2ClH.H2N.Ti/c1-16-13-18-9-7-8-10-20(18)21(16)15-23(3,4)22-12-11-19(24(5)6)14-17(22)2;;;;/h7-14,21H,2,15H2,1,3-6H3;2*1H;1H2;/q;;;-1;+3/p-2. The average molecular weight is 453 g/mol. The molecule has 0 saturated carbocycles. The van der Waals surface area contributed by atoms with Crippen LogP contribution in [0, 0.1) is 0 Å². The Hall–Kier alpha value is -0.766. The zero-order valence-electron chi connectivity index (χ0n) is 17.4. The number of anilines is 1. The zero-order chi connectivity index (χ0) is 20.7. The van der Waals surface area contributed by atoms with Gasteiger partial charge in [-0.1, -0.05) is 0 Å². The predicted molar refractivity (Wildman–Crippen MR) is 121 cm³/mol. The summed E-state index contributed by atoms with van der Waals surface area (Å²) < 4.78 is 6.75. The topological polar surface area (TPSA) is 29.3 Å². The van der Waals surface area contributed by atoms with E-state index >= 15 is 0 Å². The van der Waals surface area contributed by atoms with Crippen LogP contribution in [0.1, 0.15) is 55.4 Å². The average Bonchev–Trinajstić information content (AvgIpc) is 2.88. The number of fused-ring (bicyclic) bond motifs is 1. The molecular weight excluding hydrogens is 423 g/mol. The first-order valence-corrected chi connectivity index (χ1v) is 16.0. The van der Waals surface area contributed by atoms with Crippen molar-refractivity contribution in [1.82, 2.24) is 0 Å². The van der Waals surface area contributed by atoms with E-state index in [2.05, 4.69) is 74.2 Å². The molecule has 2 aromatic carbocycles. The van der Waals surface area contributed by atoms with Crippen LogP contribution >= 0.6 is 18.6 Å². The van der Waals surface area contributed by atoms with Crippen molar-refractivity contribution in [3.8, 4) is 0 Å². The van der Waals surface area contributed by atoms with Gasteiger partial charge in [0.05, 0.1) is 0 Å². The maximum absolute atomic E-state index is 6.39. The first-order valence-electron chi connectivity index (χ1n) is 9.72. The summed E-state index contributed by atoms with van der Waals surface area (Å²) in [5.74, 6) is 0.434. The first-order chi connectivity index (χ1) is 13.0. The molecule has 1 unspecified atom stereocenters. The molecule has 3 rings (SSSR count). The fourth-order valence-corrected chi connectivity index (χ4v) is 6.80. The maximum atomic E-state index is 6.39. The second-order valence-electron chi connectivity index (χ2n) is 8.83. The van der Waals surface area contributed by atoms with Crippen LogP contribution in [0.2, 0.25) is 0 Å². The molecule has 0 bridgehead atoms. The van der Waals surface area contributed by atoms with Crippen molar-refractivity contribution in [3.63, 3.8) is 0 Å². The molecule has 2 nitrogen and oxygen atoms in total. The van der Waals surface area contributed by atoms with Gasteiger partial charge in [0.1, 0.15) is 0 Å². The molecular formula is C23H30Cl2N2Ti. The quantitative estimate of drug-likeness (QED) is 0.509. The van der Waals surface area contributed by atoms with Crippen LogP contribution in [0.4, 0.5) is 5.69 Å². The molecule has 0 heterocycles. The summed E-state index contributed by atoms with van der Waals surface area (Å²) >= 11 is -3.29. The number of halogens is 2. The zero-order valence-corrected chi connectivity index (χ0v) is 20.5. The SMILES string of the molecule is CC1=Cc2ccccc2C1CC(C)(C)c1ccc(N(C)C)cc1[CH2][Ti]([NH2])([Cl])[Cl]. The Labute approximate surface area is 181 Å². The number of rotatable bonds is 6. The number of allylic oxidation sites excluding steroid dienone is 1. The molecule has 0 spiro atoms. The molecule has 1 aliphatic rings. The van der Waals surface area contributed by atoms with Gasteiger partial charge in [-0.05, 0) is 0 Å². The van der Waals surface area contributed by atoms with Gasteiger partial charge in [-0.15, -0.1) is 0 Å². The van der Waals surface area contributed by atoms with Gasteiger partial charge in [0.15, 0.2) is 0 Å². The Morgan fingerprint density at radius 2 is 1.79 bits per heavy atom. The van der Waals surface area contributed by atoms with Crippen LogP contribution in [-0.2, 0) is 24.9 Å². The Kier molecular flexibility index (Phi) is 6.39. The Bertz CT molecular complexity index is 898. The third-order valence-electron chi connectivity index (χ3n) is 5.78. The van der Waals surface area contributed by atoms with E-state index in [1.54, 1.807) is 0 Å². The Morgan fingerprint density at radius 1 is 1.11 bits per heavy atom. The normalized spacial score (nSPS) is 16.7. The fraction of sp³-hybridized carbons (Fsp3) is 0.391. The van der Waals surface area contributed by atoms with Gasteiger partial charge in [0, 0.05) is 0 Å². The number of nitrogens with two attached hydrogens (primary N) is 1. The molecule has 0 amide bonds. The second-order valence-corrected chi connectivity index (χ2v) is 18.1. The molecule has 150 valence electrons. The van der Waals surface area contributed by atoms with Crippen molar-refractivity contribution in [2.45, 2.75) is 43.3 Å². The molecule has 1 atom stereocenters. The number of benzene rings is 2. The van der Waals surface area contributed by atoms with Gasteiger partial charge in [0.25, 0.3) is 0 Å². The van der Waals surface area contributed by atoms with Crippen molar-refractivity contribution in [2.24, 2.45) is 4.22 Å². The van der Waals surface area contributed by atoms with E-state index in [4.69, 9.17) is 22.8 Å². The monoisotopic (exact) mass is 452 g/mol. The summed E-state index contributed by atoms with van der Waals surface area (Å²) in [4.78, 5) is 2.11. The van der Waals surface area contributed by atoms with Crippen LogP contribution < -0.4 is 9.12 Å². The van der Waals surface area contributed by atoms with Gasteiger partial charge in [-0.25, -0.2) is 0 Å². The molecule has 0 aromatic heterocycles. The van der Waals surface area contributed by atoms with Gasteiger partial charge in [0.2, 0.25) is 0 Å². The van der Waals surface area contributed by atoms with Crippen LogP contribution in [-0.4, -0.2) is 14.1 Å². The minimum absolute atomic E-state index is 0.0291. The van der Waals surface area contributed by atoms with Crippen molar-refractivity contribution in [2.75, 3.05) is 19.0 Å². The summed E-state index contributed by atoms with van der Waals surface area (Å²) in [5, 5.41) is 0. The molecule has 5 heteroatoms. The molecule has 2 aromatic rings. The summed E-state index contributed by atoms with van der Waals surface area (Å²) in [5.41, 5.74) is 7.83.